The van der Waals surface area contributed by atoms with Crippen LogP contribution in [-0.2, 0) is 0 Å². The number of thiazole rings is 1. The molecule has 0 unspecified atom stereocenters. The van der Waals surface area contributed by atoms with E-state index in [-0.39, 0.29) is 5.75 Å². The van der Waals surface area contributed by atoms with Crippen LogP contribution < -0.4 is 10.2 Å². The van der Waals surface area contributed by atoms with Crippen LogP contribution in [0.1, 0.15) is 22.3 Å². The number of nitro benzene ring substituents is 1. The molecule has 0 aliphatic heterocycles. The van der Waals surface area contributed by atoms with Crippen LogP contribution in [0.25, 0.3) is 11.3 Å². The standard InChI is InChI=1S/C20H20N4O4S/c1-11-5-12(2)18(13(3)6-11)15-10-29-20(22-15)23-21-9-14-7-16(24(26)27)19(25)17(8-14)28-4/h5-10,25H,1-4H3,(H,22,23)/b21-9-. The summed E-state index contributed by atoms with van der Waals surface area (Å²) in [5.74, 6) is -0.515. The van der Waals surface area contributed by atoms with Gasteiger partial charge in [-0.2, -0.15) is 5.10 Å². The van der Waals surface area contributed by atoms with E-state index in [2.05, 4.69) is 48.4 Å². The molecule has 3 rings (SSSR count). The second-order valence-corrected chi connectivity index (χ2v) is 7.39. The maximum Gasteiger partial charge on any atom is 0.315 e. The van der Waals surface area contributed by atoms with Gasteiger partial charge in [-0.25, -0.2) is 4.98 Å². The Morgan fingerprint density at radius 1 is 1.24 bits per heavy atom. The maximum absolute atomic E-state index is 11.1. The van der Waals surface area contributed by atoms with Crippen LogP contribution in [0, 0.1) is 30.9 Å². The van der Waals surface area contributed by atoms with E-state index in [9.17, 15) is 15.2 Å². The molecular weight excluding hydrogens is 392 g/mol. The topological polar surface area (TPSA) is 110 Å². The number of phenolic OH excluding ortho intramolecular Hbond substituents is 1. The SMILES string of the molecule is COc1cc(/C=N\Nc2nc(-c3c(C)cc(C)cc3C)cs2)cc([N+](=O)[O-])c1O. The molecule has 0 bridgehead atoms. The van der Waals surface area contributed by atoms with E-state index in [0.717, 1.165) is 22.4 Å². The van der Waals surface area contributed by atoms with Crippen molar-refractivity contribution in [2.24, 2.45) is 5.10 Å². The second-order valence-electron chi connectivity index (χ2n) is 6.53. The van der Waals surface area contributed by atoms with Gasteiger partial charge in [0.25, 0.3) is 0 Å². The lowest BCUT2D eigenvalue weighted by molar-refractivity contribution is -0.386. The highest BCUT2D eigenvalue weighted by molar-refractivity contribution is 7.14. The van der Waals surface area contributed by atoms with Gasteiger partial charge < -0.3 is 9.84 Å². The monoisotopic (exact) mass is 412 g/mol. The van der Waals surface area contributed by atoms with E-state index in [0.29, 0.717) is 10.7 Å². The molecule has 2 aromatic carbocycles. The third-order valence-electron chi connectivity index (χ3n) is 4.30. The molecule has 0 radical (unpaired) electrons. The predicted molar refractivity (Wildman–Crippen MR) is 114 cm³/mol. The van der Waals surface area contributed by atoms with Gasteiger partial charge in [0.1, 0.15) is 0 Å². The molecular formula is C20H20N4O4S. The molecule has 0 saturated heterocycles. The van der Waals surface area contributed by atoms with Crippen molar-refractivity contribution in [2.45, 2.75) is 20.8 Å². The lowest BCUT2D eigenvalue weighted by Crippen LogP contribution is -1.96. The first-order valence-electron chi connectivity index (χ1n) is 8.68. The van der Waals surface area contributed by atoms with Gasteiger partial charge in [0.15, 0.2) is 5.75 Å². The van der Waals surface area contributed by atoms with Crippen LogP contribution >= 0.6 is 11.3 Å². The Bertz CT molecular complexity index is 1080. The Morgan fingerprint density at radius 3 is 2.55 bits per heavy atom. The number of hydrogen-bond donors (Lipinski definition) is 2. The summed E-state index contributed by atoms with van der Waals surface area (Å²) in [4.78, 5) is 15.0. The van der Waals surface area contributed by atoms with Crippen molar-refractivity contribution in [1.29, 1.82) is 0 Å². The van der Waals surface area contributed by atoms with Crippen molar-refractivity contribution in [3.8, 4) is 22.8 Å². The molecule has 29 heavy (non-hydrogen) atoms. The van der Waals surface area contributed by atoms with Gasteiger partial charge in [0, 0.05) is 22.6 Å². The smallest absolute Gasteiger partial charge is 0.315 e. The molecule has 8 nitrogen and oxygen atoms in total. The molecule has 0 amide bonds. The minimum atomic E-state index is -0.679. The Balaban J connectivity index is 1.81. The zero-order chi connectivity index (χ0) is 21.1. The predicted octanol–water partition coefficient (Wildman–Crippen LogP) is 4.80. The Kier molecular flexibility index (Phi) is 5.79. The molecule has 9 heteroatoms. The molecule has 3 aromatic rings. The van der Waals surface area contributed by atoms with Gasteiger partial charge in [-0.15, -0.1) is 11.3 Å². The fourth-order valence-electron chi connectivity index (χ4n) is 3.17. The molecule has 0 saturated carbocycles. The zero-order valence-electron chi connectivity index (χ0n) is 16.4. The highest BCUT2D eigenvalue weighted by atomic mass is 32.1. The Labute approximate surface area is 171 Å². The minimum absolute atomic E-state index is 0.00232. The highest BCUT2D eigenvalue weighted by Gasteiger charge is 2.19. The summed E-state index contributed by atoms with van der Waals surface area (Å²) >= 11 is 1.41. The van der Waals surface area contributed by atoms with Gasteiger partial charge in [-0.3, -0.25) is 15.5 Å². The molecule has 0 aliphatic carbocycles. The third kappa shape index (κ3) is 4.35. The largest absolute Gasteiger partial charge is 0.500 e. The van der Waals surface area contributed by atoms with Gasteiger partial charge in [-0.05, 0) is 38.0 Å². The van der Waals surface area contributed by atoms with E-state index >= 15 is 0 Å². The zero-order valence-corrected chi connectivity index (χ0v) is 17.2. The number of anilines is 1. The molecule has 1 heterocycles. The number of ether oxygens (including phenoxy) is 1. The maximum atomic E-state index is 11.1. The lowest BCUT2D eigenvalue weighted by atomic mass is 9.98. The summed E-state index contributed by atoms with van der Waals surface area (Å²) in [5, 5.41) is 27.5. The summed E-state index contributed by atoms with van der Waals surface area (Å²) in [6.45, 7) is 6.19. The first-order chi connectivity index (χ1) is 13.8. The summed E-state index contributed by atoms with van der Waals surface area (Å²) in [6.07, 6.45) is 1.40. The van der Waals surface area contributed by atoms with Crippen molar-refractivity contribution in [3.05, 3.63) is 62.0 Å². The number of phenols is 1. The van der Waals surface area contributed by atoms with Crippen LogP contribution in [0.3, 0.4) is 0 Å². The number of hydrazone groups is 1. The lowest BCUT2D eigenvalue weighted by Gasteiger charge is -2.08. The number of aromatic hydroxyl groups is 1. The summed E-state index contributed by atoms with van der Waals surface area (Å²) in [5.41, 5.74) is 8.28. The van der Waals surface area contributed by atoms with E-state index < -0.39 is 16.4 Å². The molecule has 0 spiro atoms. The Morgan fingerprint density at radius 2 is 1.93 bits per heavy atom. The Hall–Kier alpha value is -3.46. The molecule has 0 aliphatic rings. The average Bonchev–Trinajstić information content (AvgIpc) is 3.10. The van der Waals surface area contributed by atoms with Gasteiger partial charge in [-0.1, -0.05) is 17.7 Å². The first-order valence-corrected chi connectivity index (χ1v) is 9.56. The number of aryl methyl sites for hydroxylation is 3. The number of aromatic nitrogens is 1. The van der Waals surface area contributed by atoms with Crippen molar-refractivity contribution in [2.75, 3.05) is 12.5 Å². The van der Waals surface area contributed by atoms with Crippen LogP contribution in [0.15, 0.2) is 34.7 Å². The molecule has 150 valence electrons. The molecule has 1 aromatic heterocycles. The molecule has 0 fully saturated rings. The summed E-state index contributed by atoms with van der Waals surface area (Å²) < 4.78 is 4.98. The van der Waals surface area contributed by atoms with Crippen molar-refractivity contribution in [3.63, 3.8) is 0 Å². The van der Waals surface area contributed by atoms with Crippen LogP contribution in [0.2, 0.25) is 0 Å². The number of hydrogen-bond acceptors (Lipinski definition) is 8. The van der Waals surface area contributed by atoms with Gasteiger partial charge >= 0.3 is 5.69 Å². The van der Waals surface area contributed by atoms with Crippen molar-refractivity contribution < 1.29 is 14.8 Å². The van der Waals surface area contributed by atoms with E-state index in [1.54, 1.807) is 0 Å². The highest BCUT2D eigenvalue weighted by Crippen LogP contribution is 2.36. The van der Waals surface area contributed by atoms with Crippen LogP contribution in [0.5, 0.6) is 11.5 Å². The second kappa shape index (κ2) is 8.27. The quantitative estimate of drug-likeness (QED) is 0.342. The number of benzene rings is 2. The normalized spacial score (nSPS) is 11.0. The first kappa shape index (κ1) is 20.3. The number of methoxy groups -OCH3 is 1. The molecule has 2 N–H and O–H groups in total. The van der Waals surface area contributed by atoms with Crippen molar-refractivity contribution in [1.82, 2.24) is 4.98 Å². The third-order valence-corrected chi connectivity index (χ3v) is 5.05. The van der Waals surface area contributed by atoms with Crippen molar-refractivity contribution >= 4 is 28.4 Å². The summed E-state index contributed by atoms with van der Waals surface area (Å²) in [6, 6.07) is 6.92. The van der Waals surface area contributed by atoms with Gasteiger partial charge in [0.2, 0.25) is 10.9 Å². The number of nitro groups is 1. The summed E-state index contributed by atoms with van der Waals surface area (Å²) in [7, 11) is 1.32. The fraction of sp³-hybridized carbons (Fsp3) is 0.200. The fourth-order valence-corrected chi connectivity index (χ4v) is 3.82. The van der Waals surface area contributed by atoms with Crippen LogP contribution in [-0.4, -0.2) is 28.3 Å². The van der Waals surface area contributed by atoms with E-state index in [1.165, 1.54) is 42.4 Å². The minimum Gasteiger partial charge on any atom is -0.500 e. The number of nitrogens with zero attached hydrogens (tertiary/aromatic N) is 3. The van der Waals surface area contributed by atoms with Gasteiger partial charge in [0.05, 0.1) is 23.9 Å². The molecule has 0 atom stereocenters. The van der Waals surface area contributed by atoms with Crippen LogP contribution in [0.4, 0.5) is 10.8 Å². The number of rotatable bonds is 6. The van der Waals surface area contributed by atoms with E-state index in [4.69, 9.17) is 4.74 Å². The average molecular weight is 412 g/mol. The number of nitrogens with one attached hydrogen (secondary N) is 1. The van der Waals surface area contributed by atoms with E-state index in [1.807, 2.05) is 5.38 Å².